The number of Topliss-reactive ketones (excluding diaryl/α,β-unsaturated/α-hetero) is 1. The van der Waals surface area contributed by atoms with E-state index in [-0.39, 0.29) is 22.8 Å². The van der Waals surface area contributed by atoms with E-state index in [2.05, 4.69) is 0 Å². The highest BCUT2D eigenvalue weighted by atomic mass is 35.5. The van der Waals surface area contributed by atoms with Crippen LogP contribution < -0.4 is 5.73 Å². The third-order valence-corrected chi connectivity index (χ3v) is 3.10. The van der Waals surface area contributed by atoms with E-state index in [1.807, 2.05) is 30.3 Å². The molecule has 98 valence electrons. The summed E-state index contributed by atoms with van der Waals surface area (Å²) < 4.78 is 13.6. The SMILES string of the molecule is NC(CC(=O)c1ccc(Cl)cc1F)c1ccccc1. The Hall–Kier alpha value is -1.71. The zero-order chi connectivity index (χ0) is 13.8. The van der Waals surface area contributed by atoms with Gasteiger partial charge in [-0.3, -0.25) is 4.79 Å². The highest BCUT2D eigenvalue weighted by Gasteiger charge is 2.16. The molecule has 0 aliphatic carbocycles. The first-order valence-corrected chi connectivity index (χ1v) is 6.24. The third-order valence-electron chi connectivity index (χ3n) is 2.86. The summed E-state index contributed by atoms with van der Waals surface area (Å²) >= 11 is 5.65. The Morgan fingerprint density at radius 1 is 1.21 bits per heavy atom. The normalized spacial score (nSPS) is 12.2. The molecule has 0 bridgehead atoms. The first-order valence-electron chi connectivity index (χ1n) is 5.86. The topological polar surface area (TPSA) is 43.1 Å². The summed E-state index contributed by atoms with van der Waals surface area (Å²) in [7, 11) is 0. The molecule has 4 heteroatoms. The third kappa shape index (κ3) is 3.40. The maximum atomic E-state index is 13.6. The molecular weight excluding hydrogens is 265 g/mol. The molecule has 0 saturated carbocycles. The highest BCUT2D eigenvalue weighted by Crippen LogP contribution is 2.20. The van der Waals surface area contributed by atoms with Gasteiger partial charge in [0.2, 0.25) is 0 Å². The van der Waals surface area contributed by atoms with Crippen LogP contribution in [-0.2, 0) is 0 Å². The fourth-order valence-corrected chi connectivity index (χ4v) is 2.00. The molecule has 0 saturated heterocycles. The van der Waals surface area contributed by atoms with Crippen molar-refractivity contribution in [3.05, 3.63) is 70.5 Å². The van der Waals surface area contributed by atoms with Gasteiger partial charge in [0.1, 0.15) is 5.82 Å². The van der Waals surface area contributed by atoms with E-state index >= 15 is 0 Å². The summed E-state index contributed by atoms with van der Waals surface area (Å²) in [5.41, 5.74) is 6.82. The van der Waals surface area contributed by atoms with Gasteiger partial charge >= 0.3 is 0 Å². The minimum absolute atomic E-state index is 0.0239. The minimum Gasteiger partial charge on any atom is -0.324 e. The minimum atomic E-state index is -0.613. The van der Waals surface area contributed by atoms with Gasteiger partial charge in [0, 0.05) is 17.5 Å². The van der Waals surface area contributed by atoms with Gasteiger partial charge in [-0.2, -0.15) is 0 Å². The predicted octanol–water partition coefficient (Wildman–Crippen LogP) is 3.75. The number of carbonyl (C=O) groups excluding carboxylic acids is 1. The summed E-state index contributed by atoms with van der Waals surface area (Å²) in [4.78, 5) is 12.0. The van der Waals surface area contributed by atoms with E-state index in [1.54, 1.807) is 0 Å². The number of ketones is 1. The Labute approximate surface area is 116 Å². The Bertz CT molecular complexity index is 586. The van der Waals surface area contributed by atoms with Crippen molar-refractivity contribution in [2.24, 2.45) is 5.73 Å². The van der Waals surface area contributed by atoms with Gasteiger partial charge < -0.3 is 5.73 Å². The Balaban J connectivity index is 2.13. The van der Waals surface area contributed by atoms with Crippen LogP contribution in [0, 0.1) is 5.82 Å². The van der Waals surface area contributed by atoms with Crippen LogP contribution >= 0.6 is 11.6 Å². The second kappa shape index (κ2) is 5.95. The molecule has 0 fully saturated rings. The van der Waals surface area contributed by atoms with Gasteiger partial charge in [0.25, 0.3) is 0 Å². The van der Waals surface area contributed by atoms with E-state index in [9.17, 15) is 9.18 Å². The zero-order valence-electron chi connectivity index (χ0n) is 10.1. The summed E-state index contributed by atoms with van der Waals surface area (Å²) in [6, 6.07) is 12.8. The van der Waals surface area contributed by atoms with Crippen LogP contribution in [0.4, 0.5) is 4.39 Å². The lowest BCUT2D eigenvalue weighted by Crippen LogP contribution is -2.16. The van der Waals surface area contributed by atoms with E-state index in [0.717, 1.165) is 11.6 Å². The molecule has 1 atom stereocenters. The van der Waals surface area contributed by atoms with Gasteiger partial charge in [-0.05, 0) is 23.8 Å². The Morgan fingerprint density at radius 3 is 2.53 bits per heavy atom. The molecule has 0 heterocycles. The average molecular weight is 278 g/mol. The van der Waals surface area contributed by atoms with E-state index in [4.69, 9.17) is 17.3 Å². The van der Waals surface area contributed by atoms with E-state index in [0.29, 0.717) is 0 Å². The molecular formula is C15H13ClFNO. The molecule has 0 spiro atoms. The monoisotopic (exact) mass is 277 g/mol. The van der Waals surface area contributed by atoms with Crippen LogP contribution in [0.1, 0.15) is 28.4 Å². The average Bonchev–Trinajstić information content (AvgIpc) is 2.39. The van der Waals surface area contributed by atoms with Crippen molar-refractivity contribution in [2.75, 3.05) is 0 Å². The molecule has 0 aliphatic rings. The number of rotatable bonds is 4. The van der Waals surface area contributed by atoms with Crippen molar-refractivity contribution >= 4 is 17.4 Å². The lowest BCUT2D eigenvalue weighted by Gasteiger charge is -2.11. The van der Waals surface area contributed by atoms with Crippen molar-refractivity contribution < 1.29 is 9.18 Å². The fourth-order valence-electron chi connectivity index (χ4n) is 1.84. The summed E-state index contributed by atoms with van der Waals surface area (Å²) in [6.45, 7) is 0. The van der Waals surface area contributed by atoms with Gasteiger partial charge in [0.05, 0.1) is 5.56 Å². The number of nitrogens with two attached hydrogens (primary N) is 1. The molecule has 2 N–H and O–H groups in total. The van der Waals surface area contributed by atoms with Crippen molar-refractivity contribution in [3.8, 4) is 0 Å². The van der Waals surface area contributed by atoms with Crippen molar-refractivity contribution in [1.82, 2.24) is 0 Å². The zero-order valence-corrected chi connectivity index (χ0v) is 10.9. The van der Waals surface area contributed by atoms with Crippen LogP contribution in [0.25, 0.3) is 0 Å². The van der Waals surface area contributed by atoms with Gasteiger partial charge in [-0.1, -0.05) is 41.9 Å². The number of hydrogen-bond acceptors (Lipinski definition) is 2. The molecule has 0 radical (unpaired) electrons. The standard InChI is InChI=1S/C15H13ClFNO/c16-11-6-7-12(13(17)8-11)15(19)9-14(18)10-4-2-1-3-5-10/h1-8,14H,9,18H2. The van der Waals surface area contributed by atoms with Crippen LogP contribution in [0.5, 0.6) is 0 Å². The second-order valence-corrected chi connectivity index (χ2v) is 4.71. The van der Waals surface area contributed by atoms with Crippen molar-refractivity contribution in [1.29, 1.82) is 0 Å². The van der Waals surface area contributed by atoms with Crippen LogP contribution in [0.15, 0.2) is 48.5 Å². The molecule has 0 aliphatic heterocycles. The van der Waals surface area contributed by atoms with Gasteiger partial charge in [0.15, 0.2) is 5.78 Å². The highest BCUT2D eigenvalue weighted by molar-refractivity contribution is 6.30. The van der Waals surface area contributed by atoms with E-state index < -0.39 is 11.9 Å². The molecule has 0 amide bonds. The Kier molecular flexibility index (Phi) is 4.30. The number of carbonyl (C=O) groups is 1. The van der Waals surface area contributed by atoms with Gasteiger partial charge in [-0.15, -0.1) is 0 Å². The first kappa shape index (κ1) is 13.7. The van der Waals surface area contributed by atoms with Crippen LogP contribution in [0.3, 0.4) is 0 Å². The summed E-state index contributed by atoms with van der Waals surface area (Å²) in [5.74, 6) is -0.941. The molecule has 2 nitrogen and oxygen atoms in total. The molecule has 2 aromatic carbocycles. The van der Waals surface area contributed by atoms with E-state index in [1.165, 1.54) is 12.1 Å². The smallest absolute Gasteiger partial charge is 0.167 e. The predicted molar refractivity (Wildman–Crippen MR) is 73.7 cm³/mol. The number of hydrogen-bond donors (Lipinski definition) is 1. The van der Waals surface area contributed by atoms with Crippen LogP contribution in [-0.4, -0.2) is 5.78 Å². The lowest BCUT2D eigenvalue weighted by molar-refractivity contribution is 0.0970. The Morgan fingerprint density at radius 2 is 1.89 bits per heavy atom. The quantitative estimate of drug-likeness (QED) is 0.865. The molecule has 2 aromatic rings. The van der Waals surface area contributed by atoms with Crippen molar-refractivity contribution in [3.63, 3.8) is 0 Å². The first-order chi connectivity index (χ1) is 9.08. The van der Waals surface area contributed by atoms with Crippen molar-refractivity contribution in [2.45, 2.75) is 12.5 Å². The fraction of sp³-hybridized carbons (Fsp3) is 0.133. The second-order valence-electron chi connectivity index (χ2n) is 4.27. The van der Waals surface area contributed by atoms with Gasteiger partial charge in [-0.25, -0.2) is 4.39 Å². The maximum absolute atomic E-state index is 13.6. The number of halogens is 2. The lowest BCUT2D eigenvalue weighted by atomic mass is 9.98. The van der Waals surface area contributed by atoms with Crippen LogP contribution in [0.2, 0.25) is 5.02 Å². The molecule has 2 rings (SSSR count). The molecule has 19 heavy (non-hydrogen) atoms. The maximum Gasteiger partial charge on any atom is 0.167 e. The summed E-state index contributed by atoms with van der Waals surface area (Å²) in [6.07, 6.45) is 0.0581. The molecule has 1 unspecified atom stereocenters. The largest absolute Gasteiger partial charge is 0.324 e. The molecule has 0 aromatic heterocycles. The summed E-state index contributed by atoms with van der Waals surface area (Å²) in [5, 5.41) is 0.265. The number of benzene rings is 2.